The first-order valence-electron chi connectivity index (χ1n) is 7.26. The van der Waals surface area contributed by atoms with Gasteiger partial charge in [-0.15, -0.1) is 11.3 Å². The molecule has 0 atom stereocenters. The van der Waals surface area contributed by atoms with Crippen molar-refractivity contribution in [1.82, 2.24) is 15.6 Å². The van der Waals surface area contributed by atoms with Crippen LogP contribution in [0, 0.1) is 0 Å². The first-order chi connectivity index (χ1) is 11.6. The third-order valence-corrected chi connectivity index (χ3v) is 3.90. The molecule has 0 spiro atoms. The number of ether oxygens (including phenoxy) is 2. The normalized spacial score (nSPS) is 11.9. The summed E-state index contributed by atoms with van der Waals surface area (Å²) in [5.41, 5.74) is 1.12. The smallest absolute Gasteiger partial charge is 0.270 e. The number of hydrogen-bond acceptors (Lipinski definition) is 7. The Morgan fingerprint density at radius 3 is 2.83 bits per heavy atom. The molecule has 8 nitrogen and oxygen atoms in total. The van der Waals surface area contributed by atoms with E-state index in [0.717, 1.165) is 5.69 Å². The highest BCUT2D eigenvalue weighted by atomic mass is 32.1. The number of thiazole rings is 1. The number of aromatic nitrogens is 1. The zero-order valence-corrected chi connectivity index (χ0v) is 13.7. The first-order valence-corrected chi connectivity index (χ1v) is 8.14. The van der Waals surface area contributed by atoms with Crippen molar-refractivity contribution < 1.29 is 19.1 Å². The number of carbonyl (C=O) groups is 2. The number of benzene rings is 1. The minimum absolute atomic E-state index is 0.131. The molecule has 1 aliphatic heterocycles. The summed E-state index contributed by atoms with van der Waals surface area (Å²) < 4.78 is 10.6. The van der Waals surface area contributed by atoms with Gasteiger partial charge in [-0.25, -0.2) is 4.98 Å². The molecule has 1 aromatic heterocycles. The quantitative estimate of drug-likeness (QED) is 0.684. The Hall–Kier alpha value is -2.81. The van der Waals surface area contributed by atoms with Crippen LogP contribution in [0.1, 0.15) is 17.4 Å². The van der Waals surface area contributed by atoms with Crippen molar-refractivity contribution in [3.63, 3.8) is 0 Å². The van der Waals surface area contributed by atoms with Crippen molar-refractivity contribution >= 4 is 34.0 Å². The standard InChI is InChI=1S/C15H16N4O4S/c1-9(20)16-4-5-17-14(21)11-7-24-15(19-11)18-10-2-3-12-13(6-10)23-8-22-12/h2-3,6-7H,4-5,8H2,1H3,(H,16,20)(H,17,21)(H,18,19). The molecular weight excluding hydrogens is 332 g/mol. The van der Waals surface area contributed by atoms with Gasteiger partial charge in [0.2, 0.25) is 12.7 Å². The molecule has 9 heteroatoms. The summed E-state index contributed by atoms with van der Waals surface area (Å²) in [6, 6.07) is 5.48. The van der Waals surface area contributed by atoms with Gasteiger partial charge in [-0.3, -0.25) is 9.59 Å². The van der Waals surface area contributed by atoms with Crippen LogP contribution in [-0.4, -0.2) is 36.7 Å². The summed E-state index contributed by atoms with van der Waals surface area (Å²) in [5.74, 6) is 0.967. The maximum absolute atomic E-state index is 12.0. The number of anilines is 2. The average molecular weight is 348 g/mol. The van der Waals surface area contributed by atoms with Crippen LogP contribution < -0.4 is 25.4 Å². The number of rotatable bonds is 6. The Bertz CT molecular complexity index is 762. The van der Waals surface area contributed by atoms with Gasteiger partial charge in [0.05, 0.1) is 0 Å². The molecule has 126 valence electrons. The molecule has 3 rings (SSSR count). The molecule has 2 heterocycles. The van der Waals surface area contributed by atoms with Gasteiger partial charge in [0, 0.05) is 37.1 Å². The van der Waals surface area contributed by atoms with Crippen LogP contribution >= 0.6 is 11.3 Å². The predicted molar refractivity (Wildman–Crippen MR) is 89.0 cm³/mol. The minimum Gasteiger partial charge on any atom is -0.454 e. The van der Waals surface area contributed by atoms with Gasteiger partial charge in [-0.1, -0.05) is 0 Å². The van der Waals surface area contributed by atoms with Crippen LogP contribution in [0.2, 0.25) is 0 Å². The fraction of sp³-hybridized carbons (Fsp3) is 0.267. The fourth-order valence-corrected chi connectivity index (χ4v) is 2.75. The second-order valence-electron chi connectivity index (χ2n) is 4.97. The molecule has 0 radical (unpaired) electrons. The van der Waals surface area contributed by atoms with Crippen molar-refractivity contribution in [2.75, 3.05) is 25.2 Å². The van der Waals surface area contributed by atoms with E-state index in [-0.39, 0.29) is 18.6 Å². The van der Waals surface area contributed by atoms with Crippen molar-refractivity contribution in [3.8, 4) is 11.5 Å². The van der Waals surface area contributed by atoms with E-state index in [1.807, 2.05) is 18.2 Å². The lowest BCUT2D eigenvalue weighted by molar-refractivity contribution is -0.118. The van der Waals surface area contributed by atoms with E-state index in [1.54, 1.807) is 5.38 Å². The molecule has 0 aliphatic carbocycles. The van der Waals surface area contributed by atoms with E-state index in [1.165, 1.54) is 18.3 Å². The summed E-state index contributed by atoms with van der Waals surface area (Å²) >= 11 is 1.33. The Labute approximate surface area is 142 Å². The van der Waals surface area contributed by atoms with Crippen molar-refractivity contribution in [1.29, 1.82) is 0 Å². The van der Waals surface area contributed by atoms with Gasteiger partial charge in [0.1, 0.15) is 5.69 Å². The SMILES string of the molecule is CC(=O)NCCNC(=O)c1csc(Nc2ccc3c(c2)OCO3)n1. The monoisotopic (exact) mass is 348 g/mol. The van der Waals surface area contributed by atoms with E-state index in [9.17, 15) is 9.59 Å². The van der Waals surface area contributed by atoms with Crippen molar-refractivity contribution in [3.05, 3.63) is 29.3 Å². The van der Waals surface area contributed by atoms with Crippen LogP contribution in [0.15, 0.2) is 23.6 Å². The molecule has 0 saturated heterocycles. The maximum atomic E-state index is 12.0. The molecule has 0 bridgehead atoms. The fourth-order valence-electron chi connectivity index (χ4n) is 2.04. The Morgan fingerprint density at radius 1 is 1.21 bits per heavy atom. The maximum Gasteiger partial charge on any atom is 0.270 e. The average Bonchev–Trinajstić information content (AvgIpc) is 3.20. The summed E-state index contributed by atoms with van der Waals surface area (Å²) in [5, 5.41) is 10.7. The van der Waals surface area contributed by atoms with Gasteiger partial charge in [0.25, 0.3) is 5.91 Å². The highest BCUT2D eigenvalue weighted by Crippen LogP contribution is 2.35. The molecule has 0 unspecified atom stereocenters. The summed E-state index contributed by atoms with van der Waals surface area (Å²) in [7, 11) is 0. The number of nitrogens with one attached hydrogen (secondary N) is 3. The zero-order valence-electron chi connectivity index (χ0n) is 12.9. The van der Waals surface area contributed by atoms with Gasteiger partial charge in [-0.2, -0.15) is 0 Å². The molecule has 0 fully saturated rings. The lowest BCUT2D eigenvalue weighted by atomic mass is 10.3. The number of amides is 2. The summed E-state index contributed by atoms with van der Waals surface area (Å²) in [6.07, 6.45) is 0. The topological polar surface area (TPSA) is 102 Å². The van der Waals surface area contributed by atoms with E-state index >= 15 is 0 Å². The third-order valence-electron chi connectivity index (χ3n) is 3.15. The highest BCUT2D eigenvalue weighted by Gasteiger charge is 2.14. The Kier molecular flexibility index (Phi) is 4.80. The minimum atomic E-state index is -0.282. The second kappa shape index (κ2) is 7.18. The predicted octanol–water partition coefficient (Wildman–Crippen LogP) is 1.48. The largest absolute Gasteiger partial charge is 0.454 e. The lowest BCUT2D eigenvalue weighted by Gasteiger charge is -2.04. The van der Waals surface area contributed by atoms with Crippen molar-refractivity contribution in [2.24, 2.45) is 0 Å². The van der Waals surface area contributed by atoms with Gasteiger partial charge in [0.15, 0.2) is 16.6 Å². The van der Waals surface area contributed by atoms with Gasteiger partial charge >= 0.3 is 0 Å². The molecule has 3 N–H and O–H groups in total. The molecule has 24 heavy (non-hydrogen) atoms. The van der Waals surface area contributed by atoms with Crippen LogP contribution in [0.25, 0.3) is 0 Å². The number of hydrogen-bond donors (Lipinski definition) is 3. The molecule has 2 amide bonds. The van der Waals surface area contributed by atoms with Gasteiger partial charge in [-0.05, 0) is 12.1 Å². The van der Waals surface area contributed by atoms with Crippen LogP contribution in [-0.2, 0) is 4.79 Å². The lowest BCUT2D eigenvalue weighted by Crippen LogP contribution is -2.33. The van der Waals surface area contributed by atoms with E-state index in [0.29, 0.717) is 35.4 Å². The Morgan fingerprint density at radius 2 is 2.00 bits per heavy atom. The number of fused-ring (bicyclic) bond motifs is 1. The third kappa shape index (κ3) is 3.93. The van der Waals surface area contributed by atoms with Crippen LogP contribution in [0.4, 0.5) is 10.8 Å². The molecule has 2 aromatic rings. The molecule has 1 aliphatic rings. The summed E-state index contributed by atoms with van der Waals surface area (Å²) in [4.78, 5) is 27.0. The second-order valence-corrected chi connectivity index (χ2v) is 5.83. The molecule has 0 saturated carbocycles. The number of carbonyl (C=O) groups excluding carboxylic acids is 2. The van der Waals surface area contributed by atoms with E-state index in [4.69, 9.17) is 9.47 Å². The van der Waals surface area contributed by atoms with Crippen LogP contribution in [0.3, 0.4) is 0 Å². The number of nitrogens with zero attached hydrogens (tertiary/aromatic N) is 1. The van der Waals surface area contributed by atoms with Crippen molar-refractivity contribution in [2.45, 2.75) is 6.92 Å². The summed E-state index contributed by atoms with van der Waals surface area (Å²) in [6.45, 7) is 2.38. The van der Waals surface area contributed by atoms with Gasteiger partial charge < -0.3 is 25.4 Å². The molecule has 1 aromatic carbocycles. The Balaban J connectivity index is 1.55. The first kappa shape index (κ1) is 16.1. The molecular formula is C15H16N4O4S. The zero-order chi connectivity index (χ0) is 16.9. The van der Waals surface area contributed by atoms with Crippen LogP contribution in [0.5, 0.6) is 11.5 Å². The highest BCUT2D eigenvalue weighted by molar-refractivity contribution is 7.14. The van der Waals surface area contributed by atoms with E-state index < -0.39 is 0 Å². The van der Waals surface area contributed by atoms with E-state index in [2.05, 4.69) is 20.9 Å².